The first-order valence-electron chi connectivity index (χ1n) is 11.4. The van der Waals surface area contributed by atoms with Gasteiger partial charge in [0.05, 0.1) is 17.2 Å². The van der Waals surface area contributed by atoms with Crippen molar-refractivity contribution in [2.24, 2.45) is 5.41 Å². The Hall–Kier alpha value is -2.88. The number of fused-ring (bicyclic) bond motifs is 1. The van der Waals surface area contributed by atoms with Crippen LogP contribution in [0.3, 0.4) is 0 Å². The summed E-state index contributed by atoms with van der Waals surface area (Å²) in [6, 6.07) is 6.81. The molecule has 0 aliphatic carbocycles. The molecule has 0 radical (unpaired) electrons. The van der Waals surface area contributed by atoms with Gasteiger partial charge in [0.15, 0.2) is 12.4 Å². The molecule has 1 aromatic heterocycles. The van der Waals surface area contributed by atoms with Crippen molar-refractivity contribution in [1.29, 1.82) is 0 Å². The molecule has 2 aliphatic rings. The minimum absolute atomic E-state index is 0.0314. The van der Waals surface area contributed by atoms with Gasteiger partial charge < -0.3 is 4.74 Å². The maximum absolute atomic E-state index is 13.2. The number of benzene rings is 1. The first kappa shape index (κ1) is 25.2. The Bertz CT molecular complexity index is 1260. The molecule has 2 aliphatic heterocycles. The molecule has 0 bridgehead atoms. The number of aromatic nitrogens is 2. The van der Waals surface area contributed by atoms with Crippen molar-refractivity contribution in [3.8, 4) is 5.88 Å². The molecule has 35 heavy (non-hydrogen) atoms. The van der Waals surface area contributed by atoms with Crippen molar-refractivity contribution in [2.45, 2.75) is 51.9 Å². The van der Waals surface area contributed by atoms with E-state index >= 15 is 0 Å². The van der Waals surface area contributed by atoms with Crippen LogP contribution in [0, 0.1) is 5.41 Å². The first-order valence-corrected chi connectivity index (χ1v) is 13.3. The number of nitrogens with zero attached hydrogens (tertiary/aromatic N) is 3. The zero-order valence-corrected chi connectivity index (χ0v) is 20.9. The Labute approximate surface area is 204 Å². The van der Waals surface area contributed by atoms with E-state index in [0.717, 1.165) is 11.3 Å². The van der Waals surface area contributed by atoms with Crippen LogP contribution in [0.15, 0.2) is 42.7 Å². The number of hydrogen-bond donors (Lipinski definition) is 0. The molecule has 7 nitrogen and oxygen atoms in total. The Morgan fingerprint density at radius 1 is 1.20 bits per heavy atom. The fourth-order valence-electron chi connectivity index (χ4n) is 4.58. The van der Waals surface area contributed by atoms with Crippen LogP contribution in [0.4, 0.5) is 20.4 Å². The van der Waals surface area contributed by atoms with Crippen molar-refractivity contribution in [3.05, 3.63) is 53.9 Å². The van der Waals surface area contributed by atoms with Crippen LogP contribution in [0.25, 0.3) is 0 Å². The summed E-state index contributed by atoms with van der Waals surface area (Å²) in [5.41, 5.74) is 1.95. The highest BCUT2D eigenvalue weighted by molar-refractivity contribution is 7.91. The quantitative estimate of drug-likeness (QED) is 0.497. The topological polar surface area (TPSA) is 89.5 Å². The molecule has 3 heterocycles. The number of carbonyl (C=O) groups excluding carboxylic acids is 1. The molecule has 188 valence electrons. The average Bonchev–Trinajstić information content (AvgIpc) is 3.00. The molecular weight excluding hydrogens is 476 g/mol. The normalized spacial score (nSPS) is 20.1. The van der Waals surface area contributed by atoms with Crippen molar-refractivity contribution >= 4 is 27.3 Å². The van der Waals surface area contributed by atoms with Crippen molar-refractivity contribution < 1.29 is 26.7 Å². The van der Waals surface area contributed by atoms with E-state index in [0.29, 0.717) is 24.1 Å². The molecule has 0 unspecified atom stereocenters. The van der Waals surface area contributed by atoms with E-state index in [1.54, 1.807) is 11.0 Å². The Balaban J connectivity index is 1.61. The van der Waals surface area contributed by atoms with Gasteiger partial charge in [-0.25, -0.2) is 22.2 Å². The summed E-state index contributed by atoms with van der Waals surface area (Å²) in [4.78, 5) is 23.5. The lowest BCUT2D eigenvalue weighted by Crippen LogP contribution is -2.33. The number of carbonyl (C=O) groups is 1. The largest absolute Gasteiger partial charge is 0.471 e. The Kier molecular flexibility index (Phi) is 6.46. The fourth-order valence-corrected chi connectivity index (χ4v) is 6.39. The maximum atomic E-state index is 13.2. The van der Waals surface area contributed by atoms with E-state index in [1.165, 1.54) is 12.3 Å². The van der Waals surface area contributed by atoms with Gasteiger partial charge in [-0.2, -0.15) is 4.98 Å². The molecular formula is C25H29F2N3O4S. The van der Waals surface area contributed by atoms with E-state index in [4.69, 9.17) is 4.74 Å². The molecule has 1 fully saturated rings. The van der Waals surface area contributed by atoms with Gasteiger partial charge >= 0.3 is 0 Å². The van der Waals surface area contributed by atoms with Crippen LogP contribution in [0.2, 0.25) is 0 Å². The molecule has 2 aromatic rings. The summed E-state index contributed by atoms with van der Waals surface area (Å²) in [7, 11) is -3.01. The lowest BCUT2D eigenvalue weighted by atomic mass is 9.77. The van der Waals surface area contributed by atoms with Gasteiger partial charge in [-0.1, -0.05) is 27.4 Å². The van der Waals surface area contributed by atoms with Gasteiger partial charge in [-0.05, 0) is 42.0 Å². The number of sulfone groups is 1. The fraction of sp³-hybridized carbons (Fsp3) is 0.480. The van der Waals surface area contributed by atoms with Gasteiger partial charge in [-0.15, -0.1) is 0 Å². The zero-order valence-electron chi connectivity index (χ0n) is 20.1. The Morgan fingerprint density at radius 3 is 2.54 bits per heavy atom. The van der Waals surface area contributed by atoms with Crippen LogP contribution in [0.5, 0.6) is 5.88 Å². The van der Waals surface area contributed by atoms with Crippen LogP contribution < -0.4 is 9.64 Å². The van der Waals surface area contributed by atoms with Gasteiger partial charge in [0.25, 0.3) is 6.43 Å². The predicted molar refractivity (Wildman–Crippen MR) is 129 cm³/mol. The molecule has 0 amide bonds. The van der Waals surface area contributed by atoms with E-state index in [9.17, 15) is 22.0 Å². The average molecular weight is 506 g/mol. The molecule has 0 N–H and O–H groups in total. The summed E-state index contributed by atoms with van der Waals surface area (Å²) in [5.74, 6) is 0.465. The third-order valence-electron chi connectivity index (χ3n) is 7.02. The van der Waals surface area contributed by atoms with E-state index < -0.39 is 28.3 Å². The van der Waals surface area contributed by atoms with Gasteiger partial charge in [0.1, 0.15) is 9.84 Å². The number of allylic oxidation sites excluding steroid dienone is 1. The maximum Gasteiger partial charge on any atom is 0.272 e. The van der Waals surface area contributed by atoms with Gasteiger partial charge in [0.2, 0.25) is 11.8 Å². The number of anilines is 2. The summed E-state index contributed by atoms with van der Waals surface area (Å²) >= 11 is 0. The monoisotopic (exact) mass is 505 g/mol. The number of alkyl halides is 2. The van der Waals surface area contributed by atoms with E-state index in [1.807, 2.05) is 32.9 Å². The van der Waals surface area contributed by atoms with Crippen LogP contribution in [-0.2, 0) is 15.3 Å². The molecule has 0 atom stereocenters. The Morgan fingerprint density at radius 2 is 1.89 bits per heavy atom. The number of hydrogen-bond acceptors (Lipinski definition) is 7. The summed E-state index contributed by atoms with van der Waals surface area (Å²) in [6.07, 6.45) is 0.0435. The van der Waals surface area contributed by atoms with E-state index in [2.05, 4.69) is 16.5 Å². The van der Waals surface area contributed by atoms with Crippen LogP contribution >= 0.6 is 0 Å². The molecule has 10 heteroatoms. The second kappa shape index (κ2) is 8.96. The van der Waals surface area contributed by atoms with Gasteiger partial charge in [-0.3, -0.25) is 9.69 Å². The number of Topliss-reactive ketones (excluding diaryl/α,β-unsaturated/α-hetero) is 1. The molecule has 0 saturated carbocycles. The number of halogens is 2. The molecule has 4 rings (SSSR count). The predicted octanol–water partition coefficient (Wildman–Crippen LogP) is 4.85. The van der Waals surface area contributed by atoms with Gasteiger partial charge in [0, 0.05) is 35.4 Å². The minimum Gasteiger partial charge on any atom is -0.471 e. The zero-order chi connectivity index (χ0) is 25.6. The lowest BCUT2D eigenvalue weighted by Gasteiger charge is -2.32. The summed E-state index contributed by atoms with van der Waals surface area (Å²) in [6.45, 7) is 9.38. The highest BCUT2D eigenvalue weighted by atomic mass is 32.2. The van der Waals surface area contributed by atoms with Crippen LogP contribution in [-0.4, -0.2) is 48.7 Å². The first-order chi connectivity index (χ1) is 16.3. The van der Waals surface area contributed by atoms with Crippen molar-refractivity contribution in [3.63, 3.8) is 0 Å². The summed E-state index contributed by atoms with van der Waals surface area (Å²) in [5, 5.41) is 0. The molecule has 1 saturated heterocycles. The SMILES string of the molecule is C=C1N(c2nccc(OCC(F)F)n2)c2ccc(C(=O)CC3(C)CCS(=O)(=O)CC3)cc2C1(C)C. The number of rotatable bonds is 7. The van der Waals surface area contributed by atoms with Crippen molar-refractivity contribution in [1.82, 2.24) is 9.97 Å². The van der Waals surface area contributed by atoms with Crippen LogP contribution in [0.1, 0.15) is 56.0 Å². The minimum atomic E-state index is -3.01. The standard InChI is InChI=1S/C25H29F2N3O4S/c1-16-24(2,3)18-13-17(20(31)14-25(4)8-11-35(32,33)12-9-25)5-6-19(18)30(16)23-28-10-7-22(29-23)34-15-21(26)27/h5-7,10,13,21H,1,8-9,11-12,14-15H2,2-4H3. The third kappa shape index (κ3) is 5.07. The number of ether oxygens (including phenoxy) is 1. The third-order valence-corrected chi connectivity index (χ3v) is 8.67. The molecule has 0 spiro atoms. The second-order valence-electron chi connectivity index (χ2n) is 10.1. The second-order valence-corrected chi connectivity index (χ2v) is 12.4. The van der Waals surface area contributed by atoms with E-state index in [-0.39, 0.29) is 41.0 Å². The lowest BCUT2D eigenvalue weighted by molar-refractivity contribution is 0.0795. The summed E-state index contributed by atoms with van der Waals surface area (Å²) < 4.78 is 53.8. The van der Waals surface area contributed by atoms with Crippen molar-refractivity contribution in [2.75, 3.05) is 23.0 Å². The number of ketones is 1. The highest BCUT2D eigenvalue weighted by Gasteiger charge is 2.42. The molecule has 1 aromatic carbocycles. The smallest absolute Gasteiger partial charge is 0.272 e. The highest BCUT2D eigenvalue weighted by Crippen LogP contribution is 2.50.